The molecular weight excluding hydrogens is 196 g/mol. The van der Waals surface area contributed by atoms with E-state index < -0.39 is 0 Å². The maximum Gasteiger partial charge on any atom is 0.126 e. The van der Waals surface area contributed by atoms with Crippen LogP contribution in [0.5, 0.6) is 0 Å². The summed E-state index contributed by atoms with van der Waals surface area (Å²) in [5, 5.41) is 0. The van der Waals surface area contributed by atoms with Crippen molar-refractivity contribution in [2.45, 2.75) is 59.8 Å². The van der Waals surface area contributed by atoms with Gasteiger partial charge < -0.3 is 4.79 Å². The standard InChI is InChI=1S/C15H26O/c1-11-8-12-6-5-7-14(2,3)13(12)9-15(11,4)10-16/h10-13H,5-9H2,1-4H3. The van der Waals surface area contributed by atoms with Crippen molar-refractivity contribution < 1.29 is 4.79 Å². The molecule has 0 N–H and O–H groups in total. The molecule has 0 bridgehead atoms. The first-order valence-corrected chi connectivity index (χ1v) is 6.85. The van der Waals surface area contributed by atoms with E-state index >= 15 is 0 Å². The van der Waals surface area contributed by atoms with Gasteiger partial charge in [0.05, 0.1) is 0 Å². The molecule has 16 heavy (non-hydrogen) atoms. The predicted octanol–water partition coefficient (Wildman–Crippen LogP) is 4.06. The molecule has 1 nitrogen and oxygen atoms in total. The first-order valence-electron chi connectivity index (χ1n) is 6.85. The van der Waals surface area contributed by atoms with Crippen LogP contribution in [0.1, 0.15) is 59.8 Å². The fourth-order valence-corrected chi connectivity index (χ4v) is 4.13. The zero-order valence-electron chi connectivity index (χ0n) is 11.3. The van der Waals surface area contributed by atoms with Gasteiger partial charge in [-0.2, -0.15) is 0 Å². The van der Waals surface area contributed by atoms with Crippen molar-refractivity contribution in [3.05, 3.63) is 0 Å². The molecule has 1 heteroatoms. The highest BCUT2D eigenvalue weighted by atomic mass is 16.1. The van der Waals surface area contributed by atoms with Crippen LogP contribution in [0.4, 0.5) is 0 Å². The molecule has 0 aliphatic heterocycles. The molecule has 92 valence electrons. The minimum absolute atomic E-state index is 0.0597. The van der Waals surface area contributed by atoms with Crippen LogP contribution < -0.4 is 0 Å². The van der Waals surface area contributed by atoms with Gasteiger partial charge >= 0.3 is 0 Å². The van der Waals surface area contributed by atoms with Crippen LogP contribution in [0.25, 0.3) is 0 Å². The van der Waals surface area contributed by atoms with E-state index in [1.807, 2.05) is 0 Å². The molecule has 0 aromatic carbocycles. The molecule has 4 unspecified atom stereocenters. The Morgan fingerprint density at radius 2 is 1.94 bits per heavy atom. The van der Waals surface area contributed by atoms with Gasteiger partial charge in [-0.25, -0.2) is 0 Å². The summed E-state index contributed by atoms with van der Waals surface area (Å²) >= 11 is 0. The molecule has 0 saturated heterocycles. The molecule has 0 amide bonds. The number of aldehydes is 1. The number of fused-ring (bicyclic) bond motifs is 1. The van der Waals surface area contributed by atoms with Gasteiger partial charge in [0.2, 0.25) is 0 Å². The third kappa shape index (κ3) is 1.83. The predicted molar refractivity (Wildman–Crippen MR) is 67.2 cm³/mol. The second kappa shape index (κ2) is 3.85. The van der Waals surface area contributed by atoms with Crippen molar-refractivity contribution in [2.75, 3.05) is 0 Å². The lowest BCUT2D eigenvalue weighted by molar-refractivity contribution is -0.126. The van der Waals surface area contributed by atoms with Crippen molar-refractivity contribution in [1.29, 1.82) is 0 Å². The Hall–Kier alpha value is -0.330. The monoisotopic (exact) mass is 222 g/mol. The summed E-state index contributed by atoms with van der Waals surface area (Å²) in [6.07, 6.45) is 7.75. The van der Waals surface area contributed by atoms with E-state index in [1.165, 1.54) is 32.0 Å². The number of rotatable bonds is 1. The van der Waals surface area contributed by atoms with Crippen LogP contribution >= 0.6 is 0 Å². The van der Waals surface area contributed by atoms with Gasteiger partial charge in [-0.3, -0.25) is 0 Å². The third-order valence-corrected chi connectivity index (χ3v) is 5.68. The maximum absolute atomic E-state index is 11.4. The van der Waals surface area contributed by atoms with Crippen LogP contribution in [0.15, 0.2) is 0 Å². The van der Waals surface area contributed by atoms with E-state index in [-0.39, 0.29) is 5.41 Å². The van der Waals surface area contributed by atoms with Crippen molar-refractivity contribution in [3.8, 4) is 0 Å². The largest absolute Gasteiger partial charge is 0.303 e. The Bertz CT molecular complexity index is 281. The summed E-state index contributed by atoms with van der Waals surface area (Å²) < 4.78 is 0. The minimum atomic E-state index is -0.0597. The number of hydrogen-bond acceptors (Lipinski definition) is 1. The lowest BCUT2D eigenvalue weighted by atomic mass is 9.51. The lowest BCUT2D eigenvalue weighted by Gasteiger charge is -2.53. The zero-order valence-corrected chi connectivity index (χ0v) is 11.3. The third-order valence-electron chi connectivity index (χ3n) is 5.68. The molecule has 0 radical (unpaired) electrons. The van der Waals surface area contributed by atoms with Crippen molar-refractivity contribution in [2.24, 2.45) is 28.6 Å². The van der Waals surface area contributed by atoms with Gasteiger partial charge in [0.25, 0.3) is 0 Å². The summed E-state index contributed by atoms with van der Waals surface area (Å²) in [6.45, 7) is 9.26. The molecular formula is C15H26O. The van der Waals surface area contributed by atoms with Crippen LogP contribution in [0.2, 0.25) is 0 Å². The molecule has 4 atom stereocenters. The van der Waals surface area contributed by atoms with Gasteiger partial charge in [0.15, 0.2) is 0 Å². The summed E-state index contributed by atoms with van der Waals surface area (Å²) in [6, 6.07) is 0. The molecule has 0 aromatic rings. The molecule has 2 aliphatic carbocycles. The van der Waals surface area contributed by atoms with Gasteiger partial charge in [-0.1, -0.05) is 40.5 Å². The highest BCUT2D eigenvalue weighted by Gasteiger charge is 2.48. The minimum Gasteiger partial charge on any atom is -0.303 e. The topological polar surface area (TPSA) is 17.1 Å². The van der Waals surface area contributed by atoms with Crippen molar-refractivity contribution >= 4 is 6.29 Å². The maximum atomic E-state index is 11.4. The van der Waals surface area contributed by atoms with Crippen molar-refractivity contribution in [1.82, 2.24) is 0 Å². The number of hydrogen-bond donors (Lipinski definition) is 0. The first kappa shape index (κ1) is 12.1. The Kier molecular flexibility index (Phi) is 2.92. The van der Waals surface area contributed by atoms with Gasteiger partial charge in [-0.15, -0.1) is 0 Å². The molecule has 2 saturated carbocycles. The Labute approximate surface area is 100.0 Å². The number of carbonyl (C=O) groups excluding carboxylic acids is 1. The summed E-state index contributed by atoms with van der Waals surface area (Å²) in [4.78, 5) is 11.4. The summed E-state index contributed by atoms with van der Waals surface area (Å²) in [7, 11) is 0. The highest BCUT2D eigenvalue weighted by molar-refractivity contribution is 5.59. The fourth-order valence-electron chi connectivity index (χ4n) is 4.13. The van der Waals surface area contributed by atoms with Crippen LogP contribution in [0.3, 0.4) is 0 Å². The summed E-state index contributed by atoms with van der Waals surface area (Å²) in [5.74, 6) is 2.22. The molecule has 2 fully saturated rings. The van der Waals surface area contributed by atoms with Gasteiger partial charge in [0, 0.05) is 5.41 Å². The molecule has 0 aromatic heterocycles. The molecule has 2 rings (SSSR count). The van der Waals surface area contributed by atoms with E-state index in [2.05, 4.69) is 27.7 Å². The summed E-state index contributed by atoms with van der Waals surface area (Å²) in [5.41, 5.74) is 0.392. The van der Waals surface area contributed by atoms with Crippen LogP contribution in [0, 0.1) is 28.6 Å². The average molecular weight is 222 g/mol. The fraction of sp³-hybridized carbons (Fsp3) is 0.933. The Morgan fingerprint density at radius 1 is 1.25 bits per heavy atom. The molecule has 0 spiro atoms. The van der Waals surface area contributed by atoms with E-state index in [0.717, 1.165) is 18.3 Å². The van der Waals surface area contributed by atoms with Crippen LogP contribution in [-0.2, 0) is 4.79 Å². The smallest absolute Gasteiger partial charge is 0.126 e. The Balaban J connectivity index is 2.23. The van der Waals surface area contributed by atoms with E-state index in [9.17, 15) is 4.79 Å². The SMILES string of the molecule is CC1CC2CCCC(C)(C)C2CC1(C)C=O. The second-order valence-electron chi connectivity index (χ2n) is 7.21. The quantitative estimate of drug-likeness (QED) is 0.611. The lowest BCUT2D eigenvalue weighted by Crippen LogP contribution is -2.46. The van der Waals surface area contributed by atoms with E-state index in [4.69, 9.17) is 0 Å². The zero-order chi connectivity index (χ0) is 12.0. The number of carbonyl (C=O) groups is 1. The Morgan fingerprint density at radius 3 is 2.56 bits per heavy atom. The van der Waals surface area contributed by atoms with Crippen molar-refractivity contribution in [3.63, 3.8) is 0 Å². The molecule has 2 aliphatic rings. The first-order chi connectivity index (χ1) is 7.39. The average Bonchev–Trinajstić information content (AvgIpc) is 2.21. The van der Waals surface area contributed by atoms with E-state index in [1.54, 1.807) is 0 Å². The highest BCUT2D eigenvalue weighted by Crippen LogP contribution is 2.56. The van der Waals surface area contributed by atoms with Gasteiger partial charge in [0.1, 0.15) is 6.29 Å². The normalized spacial score (nSPS) is 47.1. The van der Waals surface area contributed by atoms with Gasteiger partial charge in [-0.05, 0) is 42.4 Å². The van der Waals surface area contributed by atoms with E-state index in [0.29, 0.717) is 11.3 Å². The molecule has 0 heterocycles. The van der Waals surface area contributed by atoms with Crippen LogP contribution in [-0.4, -0.2) is 6.29 Å². The second-order valence-corrected chi connectivity index (χ2v) is 7.21.